The molecule has 0 unspecified atom stereocenters. The Hall–Kier alpha value is -1.22. The zero-order chi connectivity index (χ0) is 14.5. The summed E-state index contributed by atoms with van der Waals surface area (Å²) in [6.07, 6.45) is 6.65. The lowest BCUT2D eigenvalue weighted by molar-refractivity contribution is 0.157. The molecule has 0 saturated heterocycles. The van der Waals surface area contributed by atoms with Gasteiger partial charge in [0.2, 0.25) is 0 Å². The molecule has 1 aromatic rings. The quantitative estimate of drug-likeness (QED) is 0.888. The zero-order valence-electron chi connectivity index (χ0n) is 12.9. The number of rotatable bonds is 5. The number of aromatic hydroxyl groups is 1. The number of hydrogen-bond donors (Lipinski definition) is 1. The lowest BCUT2D eigenvalue weighted by atomic mass is 9.84. The average Bonchev–Trinajstić information content (AvgIpc) is 2.47. The van der Waals surface area contributed by atoms with Gasteiger partial charge in [-0.3, -0.25) is 4.90 Å². The predicted octanol–water partition coefficient (Wildman–Crippen LogP) is 3.80. The Morgan fingerprint density at radius 3 is 2.50 bits per heavy atom. The van der Waals surface area contributed by atoms with E-state index in [2.05, 4.69) is 18.9 Å². The summed E-state index contributed by atoms with van der Waals surface area (Å²) >= 11 is 0. The van der Waals surface area contributed by atoms with E-state index >= 15 is 0 Å². The molecule has 0 radical (unpaired) electrons. The number of benzene rings is 1. The van der Waals surface area contributed by atoms with Crippen LogP contribution in [0.15, 0.2) is 18.2 Å². The molecule has 20 heavy (non-hydrogen) atoms. The Labute approximate surface area is 122 Å². The van der Waals surface area contributed by atoms with Gasteiger partial charge in [0.05, 0.1) is 7.11 Å². The molecule has 0 aliphatic heterocycles. The summed E-state index contributed by atoms with van der Waals surface area (Å²) in [4.78, 5) is 2.42. The highest BCUT2D eigenvalue weighted by atomic mass is 16.5. The lowest BCUT2D eigenvalue weighted by Gasteiger charge is -2.34. The van der Waals surface area contributed by atoms with Crippen LogP contribution in [0.5, 0.6) is 11.5 Å². The van der Waals surface area contributed by atoms with Gasteiger partial charge in [0, 0.05) is 12.6 Å². The third kappa shape index (κ3) is 3.66. The second-order valence-corrected chi connectivity index (χ2v) is 6.00. The molecular formula is C17H27NO2. The summed E-state index contributed by atoms with van der Waals surface area (Å²) in [6.45, 7) is 3.19. The van der Waals surface area contributed by atoms with Crippen LogP contribution in [0.1, 0.15) is 44.6 Å². The molecule has 3 nitrogen and oxygen atoms in total. The van der Waals surface area contributed by atoms with Crippen molar-refractivity contribution >= 4 is 0 Å². The minimum Gasteiger partial charge on any atom is -0.504 e. The Kier molecular flexibility index (Phi) is 5.30. The van der Waals surface area contributed by atoms with Gasteiger partial charge < -0.3 is 9.84 Å². The van der Waals surface area contributed by atoms with Crippen LogP contribution in [0, 0.1) is 5.92 Å². The van der Waals surface area contributed by atoms with Crippen molar-refractivity contribution in [1.29, 1.82) is 0 Å². The van der Waals surface area contributed by atoms with Crippen molar-refractivity contribution in [1.82, 2.24) is 4.90 Å². The van der Waals surface area contributed by atoms with Gasteiger partial charge in [-0.05, 0) is 56.3 Å². The van der Waals surface area contributed by atoms with E-state index in [1.807, 2.05) is 18.2 Å². The van der Waals surface area contributed by atoms with Gasteiger partial charge in [0.1, 0.15) is 0 Å². The zero-order valence-corrected chi connectivity index (χ0v) is 12.9. The Balaban J connectivity index is 1.91. The molecule has 1 aromatic carbocycles. The van der Waals surface area contributed by atoms with Gasteiger partial charge in [-0.25, -0.2) is 0 Å². The smallest absolute Gasteiger partial charge is 0.160 e. The fraction of sp³-hybridized carbons (Fsp3) is 0.647. The molecule has 0 amide bonds. The van der Waals surface area contributed by atoms with Crippen molar-refractivity contribution in [3.05, 3.63) is 23.8 Å². The van der Waals surface area contributed by atoms with Crippen molar-refractivity contribution in [3.8, 4) is 11.5 Å². The largest absolute Gasteiger partial charge is 0.504 e. The van der Waals surface area contributed by atoms with Crippen LogP contribution in [-0.4, -0.2) is 30.2 Å². The summed E-state index contributed by atoms with van der Waals surface area (Å²) in [5.74, 6) is 1.71. The molecule has 0 heterocycles. The molecule has 1 fully saturated rings. The number of phenolic OH excluding ortho intramolecular Hbond substituents is 1. The third-order valence-electron chi connectivity index (χ3n) is 4.69. The van der Waals surface area contributed by atoms with Crippen molar-refractivity contribution in [2.45, 2.75) is 51.6 Å². The molecule has 0 atom stereocenters. The van der Waals surface area contributed by atoms with Crippen LogP contribution in [0.3, 0.4) is 0 Å². The first-order chi connectivity index (χ1) is 9.63. The second kappa shape index (κ2) is 6.98. The molecule has 1 saturated carbocycles. The maximum Gasteiger partial charge on any atom is 0.160 e. The molecule has 112 valence electrons. The van der Waals surface area contributed by atoms with E-state index in [0.29, 0.717) is 11.8 Å². The molecule has 1 aliphatic carbocycles. The standard InChI is InChI=1S/C17H27NO2/c1-4-13-5-8-15(9-6-13)18(2)12-14-7-10-17(20-3)16(19)11-14/h7,10-11,13,15,19H,4-6,8-9,12H2,1-3H3. The normalized spacial score (nSPS) is 23.0. The van der Waals surface area contributed by atoms with E-state index in [1.165, 1.54) is 32.1 Å². The van der Waals surface area contributed by atoms with Gasteiger partial charge in [0.15, 0.2) is 11.5 Å². The van der Waals surface area contributed by atoms with Crippen LogP contribution in [0.2, 0.25) is 0 Å². The summed E-state index contributed by atoms with van der Waals surface area (Å²) < 4.78 is 5.08. The topological polar surface area (TPSA) is 32.7 Å². The highest BCUT2D eigenvalue weighted by molar-refractivity contribution is 5.41. The first kappa shape index (κ1) is 15.2. The summed E-state index contributed by atoms with van der Waals surface area (Å²) in [6, 6.07) is 6.37. The molecule has 1 aliphatic rings. The van der Waals surface area contributed by atoms with E-state index in [4.69, 9.17) is 4.74 Å². The molecule has 0 aromatic heterocycles. The maximum atomic E-state index is 9.84. The predicted molar refractivity (Wildman–Crippen MR) is 82.2 cm³/mol. The van der Waals surface area contributed by atoms with E-state index < -0.39 is 0 Å². The van der Waals surface area contributed by atoms with E-state index in [-0.39, 0.29) is 5.75 Å². The SMILES string of the molecule is CCC1CCC(N(C)Cc2ccc(OC)c(O)c2)CC1. The van der Waals surface area contributed by atoms with Gasteiger partial charge in [-0.15, -0.1) is 0 Å². The van der Waals surface area contributed by atoms with E-state index in [1.54, 1.807) is 7.11 Å². The number of phenols is 1. The fourth-order valence-electron chi connectivity index (χ4n) is 3.24. The summed E-state index contributed by atoms with van der Waals surface area (Å²) in [5, 5.41) is 9.84. The monoisotopic (exact) mass is 277 g/mol. The minimum absolute atomic E-state index is 0.230. The fourth-order valence-corrected chi connectivity index (χ4v) is 3.24. The third-order valence-corrected chi connectivity index (χ3v) is 4.69. The summed E-state index contributed by atoms with van der Waals surface area (Å²) in [5.41, 5.74) is 1.14. The first-order valence-corrected chi connectivity index (χ1v) is 7.70. The molecular weight excluding hydrogens is 250 g/mol. The summed E-state index contributed by atoms with van der Waals surface area (Å²) in [7, 11) is 3.77. The minimum atomic E-state index is 0.230. The number of nitrogens with zero attached hydrogens (tertiary/aromatic N) is 1. The number of hydrogen-bond acceptors (Lipinski definition) is 3. The van der Waals surface area contributed by atoms with Crippen LogP contribution in [0.4, 0.5) is 0 Å². The molecule has 2 rings (SSSR count). The van der Waals surface area contributed by atoms with E-state index in [0.717, 1.165) is 18.0 Å². The lowest BCUT2D eigenvalue weighted by Crippen LogP contribution is -2.34. The molecule has 0 bridgehead atoms. The average molecular weight is 277 g/mol. The number of methoxy groups -OCH3 is 1. The number of ether oxygens (including phenoxy) is 1. The highest BCUT2D eigenvalue weighted by Crippen LogP contribution is 2.31. The van der Waals surface area contributed by atoms with E-state index in [9.17, 15) is 5.11 Å². The van der Waals surface area contributed by atoms with Gasteiger partial charge in [0.25, 0.3) is 0 Å². The second-order valence-electron chi connectivity index (χ2n) is 6.00. The van der Waals surface area contributed by atoms with Crippen LogP contribution in [0.25, 0.3) is 0 Å². The van der Waals surface area contributed by atoms with Crippen LogP contribution >= 0.6 is 0 Å². The van der Waals surface area contributed by atoms with Crippen LogP contribution < -0.4 is 4.74 Å². The van der Waals surface area contributed by atoms with Gasteiger partial charge >= 0.3 is 0 Å². The molecule has 3 heteroatoms. The molecule has 0 spiro atoms. The first-order valence-electron chi connectivity index (χ1n) is 7.70. The Morgan fingerprint density at radius 2 is 1.95 bits per heavy atom. The maximum absolute atomic E-state index is 9.84. The molecule has 1 N–H and O–H groups in total. The van der Waals surface area contributed by atoms with Crippen molar-refractivity contribution < 1.29 is 9.84 Å². The van der Waals surface area contributed by atoms with Crippen molar-refractivity contribution in [2.24, 2.45) is 5.92 Å². The highest BCUT2D eigenvalue weighted by Gasteiger charge is 2.23. The van der Waals surface area contributed by atoms with Gasteiger partial charge in [-0.1, -0.05) is 19.4 Å². The Morgan fingerprint density at radius 1 is 1.25 bits per heavy atom. The van der Waals surface area contributed by atoms with Crippen LogP contribution in [-0.2, 0) is 6.54 Å². The van der Waals surface area contributed by atoms with Crippen molar-refractivity contribution in [2.75, 3.05) is 14.2 Å². The van der Waals surface area contributed by atoms with Crippen molar-refractivity contribution in [3.63, 3.8) is 0 Å². The van der Waals surface area contributed by atoms with Gasteiger partial charge in [-0.2, -0.15) is 0 Å². The Bertz CT molecular complexity index is 425.